The van der Waals surface area contributed by atoms with Gasteiger partial charge in [-0.3, -0.25) is 14.4 Å². The standard InChI is InChI=1S/C36H49N5O7/c1-25(2)13-14-28(42)17-19-46-20-18-37-32(43)15-16-33(44)40-23-27-9-5-6-10-29(27)36-35(30-11-7-8-12-31(30)40)38-39-41(36)34(45)24-47-21-22-48-26(3)4/h5-12,25-26,34,45H,13-24H2,1-4H3,(H,37,43). The molecule has 0 radical (unpaired) electrons. The number of nitrogens with one attached hydrogen (secondary N) is 1. The minimum Gasteiger partial charge on any atom is -0.379 e. The summed E-state index contributed by atoms with van der Waals surface area (Å²) in [6.07, 6.45) is 0.824. The zero-order valence-corrected chi connectivity index (χ0v) is 28.5. The van der Waals surface area contributed by atoms with Crippen LogP contribution in [0.1, 0.15) is 71.6 Å². The van der Waals surface area contributed by atoms with Crippen LogP contribution in [0.25, 0.3) is 22.5 Å². The van der Waals surface area contributed by atoms with Crippen molar-refractivity contribution in [2.24, 2.45) is 5.92 Å². The Labute approximate surface area is 282 Å². The van der Waals surface area contributed by atoms with Crippen LogP contribution in [0.2, 0.25) is 0 Å². The fourth-order valence-electron chi connectivity index (χ4n) is 5.38. The van der Waals surface area contributed by atoms with Crippen molar-refractivity contribution in [2.75, 3.05) is 44.5 Å². The predicted molar refractivity (Wildman–Crippen MR) is 182 cm³/mol. The molecule has 2 N–H and O–H groups in total. The van der Waals surface area contributed by atoms with Crippen LogP contribution in [-0.4, -0.2) is 83.4 Å². The van der Waals surface area contributed by atoms with Crippen LogP contribution in [0.4, 0.5) is 5.69 Å². The van der Waals surface area contributed by atoms with E-state index in [0.29, 0.717) is 74.4 Å². The molecule has 1 aromatic heterocycles. The number of para-hydroxylation sites is 1. The molecule has 2 amide bonds. The summed E-state index contributed by atoms with van der Waals surface area (Å²) in [5.74, 6) is 0.216. The molecule has 0 aliphatic carbocycles. The summed E-state index contributed by atoms with van der Waals surface area (Å²) in [4.78, 5) is 39.9. The van der Waals surface area contributed by atoms with Gasteiger partial charge in [0.2, 0.25) is 11.8 Å². The molecule has 12 nitrogen and oxygen atoms in total. The van der Waals surface area contributed by atoms with Gasteiger partial charge in [-0.2, -0.15) is 0 Å². The van der Waals surface area contributed by atoms with Crippen molar-refractivity contribution in [1.29, 1.82) is 0 Å². The Morgan fingerprint density at radius 1 is 0.875 bits per heavy atom. The Morgan fingerprint density at radius 2 is 1.62 bits per heavy atom. The normalized spacial score (nSPS) is 13.0. The lowest BCUT2D eigenvalue weighted by Crippen LogP contribution is -2.34. The van der Waals surface area contributed by atoms with Crippen LogP contribution < -0.4 is 10.2 Å². The van der Waals surface area contributed by atoms with Crippen LogP contribution >= 0.6 is 0 Å². The van der Waals surface area contributed by atoms with Gasteiger partial charge in [-0.15, -0.1) is 5.10 Å². The van der Waals surface area contributed by atoms with Gasteiger partial charge < -0.3 is 29.5 Å². The number of anilines is 1. The van der Waals surface area contributed by atoms with Crippen LogP contribution in [0, 0.1) is 5.92 Å². The highest BCUT2D eigenvalue weighted by atomic mass is 16.5. The van der Waals surface area contributed by atoms with E-state index >= 15 is 0 Å². The van der Waals surface area contributed by atoms with E-state index in [2.05, 4.69) is 29.5 Å². The molecule has 260 valence electrons. The molecule has 0 fully saturated rings. The Hall–Kier alpha value is -3.97. The Kier molecular flexibility index (Phi) is 14.2. The number of hydrogen-bond donors (Lipinski definition) is 2. The molecule has 1 aliphatic rings. The molecule has 3 aromatic rings. The van der Waals surface area contributed by atoms with Gasteiger partial charge in [-0.1, -0.05) is 61.5 Å². The zero-order valence-electron chi connectivity index (χ0n) is 28.5. The zero-order chi connectivity index (χ0) is 34.5. The number of rotatable bonds is 19. The molecule has 0 spiro atoms. The van der Waals surface area contributed by atoms with Crippen LogP contribution in [0.3, 0.4) is 0 Å². The highest BCUT2D eigenvalue weighted by Crippen LogP contribution is 2.41. The van der Waals surface area contributed by atoms with Gasteiger partial charge >= 0.3 is 0 Å². The van der Waals surface area contributed by atoms with Gasteiger partial charge in [0, 0.05) is 43.4 Å². The summed E-state index contributed by atoms with van der Waals surface area (Å²) in [7, 11) is 0. The fraction of sp³-hybridized carbons (Fsp3) is 0.528. The van der Waals surface area contributed by atoms with E-state index in [-0.39, 0.29) is 49.7 Å². The Bertz CT molecular complexity index is 1510. The van der Waals surface area contributed by atoms with E-state index in [0.717, 1.165) is 17.5 Å². The molecule has 1 unspecified atom stereocenters. The number of benzene rings is 2. The monoisotopic (exact) mass is 663 g/mol. The van der Waals surface area contributed by atoms with Gasteiger partial charge in [-0.25, -0.2) is 4.68 Å². The van der Waals surface area contributed by atoms with Gasteiger partial charge in [-0.05, 0) is 37.8 Å². The molecular weight excluding hydrogens is 614 g/mol. The SMILES string of the molecule is CC(C)CCC(=O)CCOCCNC(=O)CCC(=O)N1Cc2ccccc2-c2c(nnn2C(O)COCCOC(C)C)-c2ccccc21. The highest BCUT2D eigenvalue weighted by Gasteiger charge is 2.30. The molecule has 2 aromatic carbocycles. The van der Waals surface area contributed by atoms with Crippen LogP contribution in [-0.2, 0) is 35.1 Å². The number of amides is 2. The summed E-state index contributed by atoms with van der Waals surface area (Å²) in [6, 6.07) is 15.1. The van der Waals surface area contributed by atoms with Gasteiger partial charge in [0.1, 0.15) is 17.2 Å². The molecule has 12 heteroatoms. The van der Waals surface area contributed by atoms with Crippen molar-refractivity contribution >= 4 is 23.3 Å². The second kappa shape index (κ2) is 18.5. The summed E-state index contributed by atoms with van der Waals surface area (Å²) in [5.41, 5.74) is 4.10. The summed E-state index contributed by atoms with van der Waals surface area (Å²) >= 11 is 0. The van der Waals surface area contributed by atoms with Crippen molar-refractivity contribution in [1.82, 2.24) is 20.3 Å². The van der Waals surface area contributed by atoms with Crippen molar-refractivity contribution < 1.29 is 33.7 Å². The lowest BCUT2D eigenvalue weighted by Gasteiger charge is -2.29. The van der Waals surface area contributed by atoms with Crippen molar-refractivity contribution in [3.05, 3.63) is 54.1 Å². The van der Waals surface area contributed by atoms with E-state index in [1.165, 1.54) is 4.68 Å². The van der Waals surface area contributed by atoms with Gasteiger partial charge in [0.15, 0.2) is 6.23 Å². The first kappa shape index (κ1) is 36.9. The quantitative estimate of drug-likeness (QED) is 0.174. The van der Waals surface area contributed by atoms with Gasteiger partial charge in [0.25, 0.3) is 0 Å². The molecule has 1 atom stereocenters. The minimum atomic E-state index is -1.10. The molecule has 0 bridgehead atoms. The molecular formula is C36H49N5O7. The molecule has 1 aliphatic heterocycles. The number of carbonyl (C=O) groups is 3. The number of carbonyl (C=O) groups excluding carboxylic acids is 3. The van der Waals surface area contributed by atoms with Crippen molar-refractivity contribution in [3.8, 4) is 22.5 Å². The number of aromatic nitrogens is 3. The molecule has 0 saturated carbocycles. The third kappa shape index (κ3) is 10.5. The second-order valence-corrected chi connectivity index (χ2v) is 12.5. The number of nitrogens with zero attached hydrogens (tertiary/aromatic N) is 4. The summed E-state index contributed by atoms with van der Waals surface area (Å²) in [6.45, 7) is 10.00. The van der Waals surface area contributed by atoms with E-state index in [4.69, 9.17) is 14.2 Å². The first-order valence-electron chi connectivity index (χ1n) is 16.8. The van der Waals surface area contributed by atoms with Crippen molar-refractivity contribution in [3.63, 3.8) is 0 Å². The lowest BCUT2D eigenvalue weighted by molar-refractivity contribution is -0.125. The van der Waals surface area contributed by atoms with E-state index in [9.17, 15) is 19.5 Å². The number of fused-ring (bicyclic) bond motifs is 5. The summed E-state index contributed by atoms with van der Waals surface area (Å²) in [5, 5.41) is 22.7. The first-order chi connectivity index (χ1) is 23.2. The lowest BCUT2D eigenvalue weighted by atomic mass is 9.95. The fourth-order valence-corrected chi connectivity index (χ4v) is 5.38. The number of aliphatic hydroxyl groups is 1. The molecule has 0 saturated heterocycles. The van der Waals surface area contributed by atoms with Gasteiger partial charge in [0.05, 0.1) is 51.4 Å². The number of Topliss-reactive ketones (excluding diaryl/α,β-unsaturated/α-hetero) is 1. The predicted octanol–water partition coefficient (Wildman–Crippen LogP) is 4.70. The Morgan fingerprint density at radius 3 is 2.40 bits per heavy atom. The maximum Gasteiger partial charge on any atom is 0.227 e. The average molecular weight is 664 g/mol. The number of aliphatic hydroxyl groups excluding tert-OH is 1. The van der Waals surface area contributed by atoms with Crippen molar-refractivity contribution in [2.45, 2.75) is 78.7 Å². The van der Waals surface area contributed by atoms with E-state index < -0.39 is 6.23 Å². The van der Waals surface area contributed by atoms with E-state index in [1.54, 1.807) is 4.90 Å². The number of ketones is 1. The number of hydrogen-bond acceptors (Lipinski definition) is 9. The van der Waals surface area contributed by atoms with E-state index in [1.807, 2.05) is 62.4 Å². The second-order valence-electron chi connectivity index (χ2n) is 12.5. The molecule has 4 rings (SSSR count). The highest BCUT2D eigenvalue weighted by molar-refractivity contribution is 6.01. The summed E-state index contributed by atoms with van der Waals surface area (Å²) < 4.78 is 18.2. The third-order valence-electron chi connectivity index (χ3n) is 7.93. The topological polar surface area (TPSA) is 145 Å². The van der Waals surface area contributed by atoms with Crippen LogP contribution in [0.15, 0.2) is 48.5 Å². The largest absolute Gasteiger partial charge is 0.379 e. The maximum atomic E-state index is 13.7. The van der Waals surface area contributed by atoms with Crippen LogP contribution in [0.5, 0.6) is 0 Å². The first-order valence-corrected chi connectivity index (χ1v) is 16.8. The number of ether oxygens (including phenoxy) is 3. The molecule has 2 heterocycles. The molecule has 48 heavy (non-hydrogen) atoms. The third-order valence-corrected chi connectivity index (χ3v) is 7.93. The minimum absolute atomic E-state index is 0.00200. The maximum absolute atomic E-state index is 13.7. The Balaban J connectivity index is 1.40. The average Bonchev–Trinajstić information content (AvgIpc) is 3.50. The smallest absolute Gasteiger partial charge is 0.227 e.